The highest BCUT2D eigenvalue weighted by Crippen LogP contribution is 2.41. The first-order valence-corrected chi connectivity index (χ1v) is 10.3. The average molecular weight is 374 g/mol. The van der Waals surface area contributed by atoms with E-state index in [1.54, 1.807) is 6.92 Å². The van der Waals surface area contributed by atoms with Crippen LogP contribution in [0.5, 0.6) is 0 Å². The number of aromatic nitrogens is 1. The highest BCUT2D eigenvalue weighted by molar-refractivity contribution is 5.85. The first-order chi connectivity index (χ1) is 13.7. The molecule has 4 nitrogen and oxygen atoms in total. The minimum absolute atomic E-state index is 0.275. The Hall–Kier alpha value is -2.43. The number of benzene rings is 2. The highest BCUT2D eigenvalue weighted by atomic mass is 16.1. The van der Waals surface area contributed by atoms with Crippen molar-refractivity contribution in [3.63, 3.8) is 0 Å². The van der Waals surface area contributed by atoms with Crippen molar-refractivity contribution < 1.29 is 4.79 Å². The zero-order valence-corrected chi connectivity index (χ0v) is 16.4. The maximum absolute atomic E-state index is 11.4. The summed E-state index contributed by atoms with van der Waals surface area (Å²) in [6.07, 6.45) is 1.73. The molecular formula is C24H27N3O. The lowest BCUT2D eigenvalue weighted by atomic mass is 9.87. The molecule has 0 aliphatic carbocycles. The quantitative estimate of drug-likeness (QED) is 0.757. The number of carbonyl (C=O) groups excluding carboxylic acids is 1. The van der Waals surface area contributed by atoms with Crippen LogP contribution in [-0.2, 0) is 11.2 Å². The van der Waals surface area contributed by atoms with Gasteiger partial charge in [0.1, 0.15) is 5.78 Å². The van der Waals surface area contributed by atoms with E-state index >= 15 is 0 Å². The van der Waals surface area contributed by atoms with E-state index in [1.165, 1.54) is 27.7 Å². The fourth-order valence-electron chi connectivity index (χ4n) is 5.04. The number of H-pyrrole nitrogens is 1. The number of hydrogen-bond acceptors (Lipinski definition) is 3. The zero-order valence-electron chi connectivity index (χ0n) is 16.4. The summed E-state index contributed by atoms with van der Waals surface area (Å²) in [5.74, 6) is 0.284. The van der Waals surface area contributed by atoms with Crippen LogP contribution in [0.3, 0.4) is 0 Å². The van der Waals surface area contributed by atoms with E-state index in [9.17, 15) is 4.79 Å². The molecule has 1 saturated heterocycles. The predicted molar refractivity (Wildman–Crippen MR) is 113 cm³/mol. The van der Waals surface area contributed by atoms with Crippen LogP contribution in [0.2, 0.25) is 0 Å². The van der Waals surface area contributed by atoms with Gasteiger partial charge in [-0.25, -0.2) is 0 Å². The lowest BCUT2D eigenvalue weighted by molar-refractivity contribution is -0.117. The van der Waals surface area contributed by atoms with Crippen molar-refractivity contribution in [3.05, 3.63) is 71.4 Å². The maximum Gasteiger partial charge on any atom is 0.131 e. The van der Waals surface area contributed by atoms with Crippen LogP contribution in [0.1, 0.15) is 36.2 Å². The van der Waals surface area contributed by atoms with Crippen LogP contribution >= 0.6 is 0 Å². The van der Waals surface area contributed by atoms with Gasteiger partial charge in [-0.15, -0.1) is 0 Å². The summed E-state index contributed by atoms with van der Waals surface area (Å²) in [7, 11) is 0. The van der Waals surface area contributed by atoms with E-state index in [1.807, 2.05) is 0 Å². The third kappa shape index (κ3) is 3.07. The molecule has 0 saturated carbocycles. The van der Waals surface area contributed by atoms with Crippen molar-refractivity contribution in [2.45, 2.75) is 31.8 Å². The number of carbonyl (C=O) groups is 1. The average Bonchev–Trinajstić information content (AvgIpc) is 3.09. The molecule has 0 radical (unpaired) electrons. The minimum atomic E-state index is 0.275. The summed E-state index contributed by atoms with van der Waals surface area (Å²) in [5.41, 5.74) is 5.43. The lowest BCUT2D eigenvalue weighted by Crippen LogP contribution is -2.57. The second-order valence-electron chi connectivity index (χ2n) is 8.22. The van der Waals surface area contributed by atoms with Gasteiger partial charge in [0.05, 0.1) is 6.04 Å². The largest absolute Gasteiger partial charge is 0.357 e. The molecule has 1 aromatic heterocycles. The van der Waals surface area contributed by atoms with Gasteiger partial charge >= 0.3 is 0 Å². The Labute approximate surface area is 166 Å². The van der Waals surface area contributed by atoms with E-state index in [0.29, 0.717) is 12.5 Å². The molecule has 2 aliphatic heterocycles. The van der Waals surface area contributed by atoms with Gasteiger partial charge in [0.15, 0.2) is 0 Å². The van der Waals surface area contributed by atoms with Gasteiger partial charge in [-0.1, -0.05) is 48.5 Å². The molecule has 3 aromatic rings. The molecule has 144 valence electrons. The molecule has 1 fully saturated rings. The number of rotatable bonds is 4. The maximum atomic E-state index is 11.4. The number of aromatic amines is 1. The van der Waals surface area contributed by atoms with Crippen LogP contribution in [0.15, 0.2) is 54.6 Å². The number of ketones is 1. The molecular weight excluding hydrogens is 346 g/mol. The van der Waals surface area contributed by atoms with Crippen molar-refractivity contribution >= 4 is 16.7 Å². The predicted octanol–water partition coefficient (Wildman–Crippen LogP) is 3.78. The van der Waals surface area contributed by atoms with Gasteiger partial charge in [-0.2, -0.15) is 0 Å². The molecule has 0 spiro atoms. The van der Waals surface area contributed by atoms with Crippen molar-refractivity contribution in [1.82, 2.24) is 14.8 Å². The topological polar surface area (TPSA) is 39.3 Å². The third-order valence-corrected chi connectivity index (χ3v) is 6.40. The second-order valence-corrected chi connectivity index (χ2v) is 8.22. The molecule has 2 aromatic carbocycles. The van der Waals surface area contributed by atoms with E-state index in [2.05, 4.69) is 69.4 Å². The summed E-state index contributed by atoms with van der Waals surface area (Å²) in [4.78, 5) is 20.3. The number of nitrogens with one attached hydrogen (secondary N) is 1. The third-order valence-electron chi connectivity index (χ3n) is 6.40. The van der Waals surface area contributed by atoms with Crippen molar-refractivity contribution in [2.24, 2.45) is 0 Å². The molecule has 0 bridgehead atoms. The number of piperazine rings is 1. The van der Waals surface area contributed by atoms with E-state index in [0.717, 1.165) is 32.6 Å². The first kappa shape index (κ1) is 17.7. The van der Waals surface area contributed by atoms with Crippen molar-refractivity contribution in [3.8, 4) is 0 Å². The fraction of sp³-hybridized carbons (Fsp3) is 0.375. The van der Waals surface area contributed by atoms with Gasteiger partial charge < -0.3 is 9.88 Å². The van der Waals surface area contributed by atoms with Gasteiger partial charge in [0, 0.05) is 55.2 Å². The van der Waals surface area contributed by atoms with Crippen molar-refractivity contribution in [2.75, 3.05) is 26.2 Å². The Balaban J connectivity index is 1.54. The summed E-state index contributed by atoms with van der Waals surface area (Å²) in [6.45, 7) is 5.69. The lowest BCUT2D eigenvalue weighted by Gasteiger charge is -2.48. The van der Waals surface area contributed by atoms with Crippen LogP contribution in [0.25, 0.3) is 10.9 Å². The van der Waals surface area contributed by atoms with Gasteiger partial charge in [-0.3, -0.25) is 9.69 Å². The Kier molecular flexibility index (Phi) is 4.53. The molecule has 2 atom stereocenters. The molecule has 5 rings (SSSR count). The first-order valence-electron chi connectivity index (χ1n) is 10.3. The molecule has 0 amide bonds. The van der Waals surface area contributed by atoms with Crippen LogP contribution in [0.4, 0.5) is 0 Å². The van der Waals surface area contributed by atoms with E-state index in [4.69, 9.17) is 0 Å². The van der Waals surface area contributed by atoms with E-state index < -0.39 is 0 Å². The minimum Gasteiger partial charge on any atom is -0.357 e. The number of nitrogens with zero attached hydrogens (tertiary/aromatic N) is 2. The SMILES string of the molecule is CC(=O)CCN1CCN2C(Cc3c([nH]c4ccccc34)C2c2ccccc2)C1. The molecule has 3 heterocycles. The Morgan fingerprint density at radius 2 is 1.86 bits per heavy atom. The Morgan fingerprint density at radius 1 is 1.07 bits per heavy atom. The molecule has 4 heteroatoms. The van der Waals surface area contributed by atoms with Crippen LogP contribution in [0, 0.1) is 0 Å². The smallest absolute Gasteiger partial charge is 0.131 e. The Bertz CT molecular complexity index is 994. The van der Waals surface area contributed by atoms with Gasteiger partial charge in [0.25, 0.3) is 0 Å². The molecule has 2 unspecified atom stereocenters. The normalized spacial score (nSPS) is 22.8. The summed E-state index contributed by atoms with van der Waals surface area (Å²) >= 11 is 0. The molecule has 2 aliphatic rings. The van der Waals surface area contributed by atoms with Crippen LogP contribution in [-0.4, -0.2) is 52.8 Å². The van der Waals surface area contributed by atoms with Gasteiger partial charge in [0.2, 0.25) is 0 Å². The monoisotopic (exact) mass is 373 g/mol. The fourth-order valence-corrected chi connectivity index (χ4v) is 5.04. The number of para-hydroxylation sites is 1. The summed E-state index contributed by atoms with van der Waals surface area (Å²) in [5, 5.41) is 1.36. The van der Waals surface area contributed by atoms with Crippen LogP contribution < -0.4 is 0 Å². The summed E-state index contributed by atoms with van der Waals surface area (Å²) in [6, 6.07) is 20.3. The highest BCUT2D eigenvalue weighted by Gasteiger charge is 2.40. The number of hydrogen-bond donors (Lipinski definition) is 1. The van der Waals surface area contributed by atoms with Crippen molar-refractivity contribution in [1.29, 1.82) is 0 Å². The number of fused-ring (bicyclic) bond motifs is 4. The zero-order chi connectivity index (χ0) is 19.1. The molecule has 1 N–H and O–H groups in total. The summed E-state index contributed by atoms with van der Waals surface area (Å²) < 4.78 is 0. The number of Topliss-reactive ketones (excluding diaryl/α,β-unsaturated/α-hetero) is 1. The van der Waals surface area contributed by atoms with E-state index in [-0.39, 0.29) is 11.8 Å². The second kappa shape index (κ2) is 7.19. The Morgan fingerprint density at radius 3 is 2.68 bits per heavy atom. The standard InChI is InChI=1S/C24H27N3O/c1-17(28)11-12-26-13-14-27-19(16-26)15-21-20-9-5-6-10-22(20)25-23(21)24(27)18-7-3-2-4-8-18/h2-10,19,24-25H,11-16H2,1H3. The van der Waals surface area contributed by atoms with Gasteiger partial charge in [-0.05, 0) is 30.5 Å². The molecule has 28 heavy (non-hydrogen) atoms.